The lowest BCUT2D eigenvalue weighted by molar-refractivity contribution is -0.253. The molecule has 1 aromatic heterocycles. The van der Waals surface area contributed by atoms with Crippen molar-refractivity contribution >= 4 is 23.1 Å². The van der Waals surface area contributed by atoms with Crippen molar-refractivity contribution in [2.75, 3.05) is 5.32 Å². The summed E-state index contributed by atoms with van der Waals surface area (Å²) < 4.78 is 54.6. The van der Waals surface area contributed by atoms with Gasteiger partial charge in [-0.2, -0.15) is 17.6 Å². The molecule has 0 aliphatic rings. The smallest absolute Gasteiger partial charge is 0.428 e. The maximum absolute atomic E-state index is 13.0. The average molecular weight is 467 g/mol. The molecule has 1 N–H and O–H groups in total. The molecule has 0 radical (unpaired) electrons. The zero-order valence-corrected chi connectivity index (χ0v) is 18.1. The number of ether oxygens (including phenoxy) is 1. The molecule has 0 aliphatic heterocycles. The third-order valence-corrected chi connectivity index (χ3v) is 5.28. The minimum absolute atomic E-state index is 0.133. The van der Waals surface area contributed by atoms with E-state index in [0.29, 0.717) is 12.2 Å². The fourth-order valence-electron chi connectivity index (χ4n) is 2.86. The molecule has 0 saturated heterocycles. The highest BCUT2D eigenvalue weighted by atomic mass is 32.1. The minimum Gasteiger partial charge on any atom is -0.428 e. The highest BCUT2D eigenvalue weighted by molar-refractivity contribution is 7.13. The van der Waals surface area contributed by atoms with Gasteiger partial charge in [0.1, 0.15) is 10.8 Å². The molecule has 3 aromatic rings. The van der Waals surface area contributed by atoms with Crippen LogP contribution in [0.3, 0.4) is 0 Å². The molecule has 2 amide bonds. The summed E-state index contributed by atoms with van der Waals surface area (Å²) in [6.45, 7) is 4.08. The lowest BCUT2D eigenvalue weighted by Gasteiger charge is -2.27. The van der Waals surface area contributed by atoms with Crippen LogP contribution in [-0.2, 0) is 6.54 Å². The number of rotatable bonds is 8. The van der Waals surface area contributed by atoms with Gasteiger partial charge in [0, 0.05) is 35.4 Å². The van der Waals surface area contributed by atoms with E-state index in [1.165, 1.54) is 23.5 Å². The summed E-state index contributed by atoms with van der Waals surface area (Å²) in [7, 11) is 0. The fourth-order valence-corrected chi connectivity index (χ4v) is 3.49. The number of alkyl halides is 4. The molecule has 0 aliphatic carbocycles. The normalized spacial score (nSPS) is 11.6. The average Bonchev–Trinajstić information content (AvgIpc) is 3.28. The van der Waals surface area contributed by atoms with E-state index in [2.05, 4.69) is 15.0 Å². The van der Waals surface area contributed by atoms with Crippen molar-refractivity contribution in [1.82, 2.24) is 9.88 Å². The van der Waals surface area contributed by atoms with Gasteiger partial charge in [0.05, 0.1) is 0 Å². The molecule has 3 rings (SSSR count). The Morgan fingerprint density at radius 1 is 1.19 bits per heavy atom. The summed E-state index contributed by atoms with van der Waals surface area (Å²) >= 11 is 1.52. The number of thiazole rings is 1. The van der Waals surface area contributed by atoms with Crippen molar-refractivity contribution in [3.8, 4) is 16.3 Å². The van der Waals surface area contributed by atoms with Crippen molar-refractivity contribution < 1.29 is 27.1 Å². The third-order valence-electron chi connectivity index (χ3n) is 4.46. The van der Waals surface area contributed by atoms with Crippen LogP contribution in [0.5, 0.6) is 5.75 Å². The second kappa shape index (κ2) is 9.99. The van der Waals surface area contributed by atoms with Gasteiger partial charge in [-0.1, -0.05) is 18.2 Å². The molecule has 0 spiro atoms. The summed E-state index contributed by atoms with van der Waals surface area (Å²) in [6, 6.07) is 12.0. The number of nitrogens with zero attached hydrogens (tertiary/aromatic N) is 2. The van der Waals surface area contributed by atoms with Crippen LogP contribution in [0.15, 0.2) is 60.1 Å². The first-order valence-corrected chi connectivity index (χ1v) is 10.5. The van der Waals surface area contributed by atoms with Gasteiger partial charge in [0.15, 0.2) is 0 Å². The largest absolute Gasteiger partial charge is 0.461 e. The highest BCUT2D eigenvalue weighted by Crippen LogP contribution is 2.28. The number of carbonyl (C=O) groups is 1. The Kier molecular flexibility index (Phi) is 7.34. The monoisotopic (exact) mass is 467 g/mol. The van der Waals surface area contributed by atoms with Gasteiger partial charge in [-0.05, 0) is 49.7 Å². The number of nitrogens with one attached hydrogen (secondary N) is 1. The molecule has 2 aromatic carbocycles. The molecule has 1 heterocycles. The van der Waals surface area contributed by atoms with Crippen LogP contribution in [0.1, 0.15) is 19.4 Å². The SMILES string of the molecule is CC(C)N(Cc1cccc(-c2nccs2)c1)C(=O)Nc1ccc(OC(F)(F)C(F)F)cc1. The van der Waals surface area contributed by atoms with E-state index in [0.717, 1.165) is 28.3 Å². The first-order chi connectivity index (χ1) is 15.2. The Hall–Kier alpha value is -3.14. The van der Waals surface area contributed by atoms with Gasteiger partial charge in [-0.3, -0.25) is 0 Å². The molecule has 5 nitrogen and oxygen atoms in total. The lowest BCUT2D eigenvalue weighted by Crippen LogP contribution is -2.39. The van der Waals surface area contributed by atoms with E-state index < -0.39 is 24.3 Å². The second-order valence-corrected chi connectivity index (χ2v) is 8.07. The summed E-state index contributed by atoms with van der Waals surface area (Å²) in [5.74, 6) is -0.437. The predicted molar refractivity (Wildman–Crippen MR) is 115 cm³/mol. The highest BCUT2D eigenvalue weighted by Gasteiger charge is 2.43. The number of halogens is 4. The van der Waals surface area contributed by atoms with Gasteiger partial charge in [0.2, 0.25) is 0 Å². The summed E-state index contributed by atoms with van der Waals surface area (Å²) in [5, 5.41) is 5.46. The number of carbonyl (C=O) groups excluding carboxylic acids is 1. The van der Waals surface area contributed by atoms with Gasteiger partial charge in [0.25, 0.3) is 0 Å². The Labute approximate surface area is 186 Å². The molecular formula is C22H21F4N3O2S. The van der Waals surface area contributed by atoms with Crippen LogP contribution in [0.2, 0.25) is 0 Å². The van der Waals surface area contributed by atoms with Crippen molar-refractivity contribution in [1.29, 1.82) is 0 Å². The van der Waals surface area contributed by atoms with Crippen LogP contribution >= 0.6 is 11.3 Å². The number of hydrogen-bond donors (Lipinski definition) is 1. The molecule has 32 heavy (non-hydrogen) atoms. The van der Waals surface area contributed by atoms with Gasteiger partial charge >= 0.3 is 18.6 Å². The summed E-state index contributed by atoms with van der Waals surface area (Å²) in [6.07, 6.45) is -6.81. The Morgan fingerprint density at radius 3 is 2.50 bits per heavy atom. The van der Waals surface area contributed by atoms with Crippen LogP contribution in [0.4, 0.5) is 28.0 Å². The maximum Gasteiger partial charge on any atom is 0.461 e. The topological polar surface area (TPSA) is 54.5 Å². The number of hydrogen-bond acceptors (Lipinski definition) is 4. The molecular weight excluding hydrogens is 446 g/mol. The minimum atomic E-state index is -4.59. The van der Waals surface area contributed by atoms with Gasteiger partial charge < -0.3 is 15.0 Å². The lowest BCUT2D eigenvalue weighted by atomic mass is 10.1. The molecule has 0 fully saturated rings. The number of aromatic nitrogens is 1. The van der Waals surface area contributed by atoms with Gasteiger partial charge in [-0.15, -0.1) is 11.3 Å². The fraction of sp³-hybridized carbons (Fsp3) is 0.273. The van der Waals surface area contributed by atoms with E-state index in [1.54, 1.807) is 11.1 Å². The van der Waals surface area contributed by atoms with Crippen LogP contribution in [-0.4, -0.2) is 34.5 Å². The summed E-state index contributed by atoms with van der Waals surface area (Å²) in [5.41, 5.74) is 2.18. The Balaban J connectivity index is 1.68. The standard InChI is InChI=1S/C22H21F4N3O2S/c1-14(2)29(13-15-4-3-5-16(12-15)19-27-10-11-32-19)21(30)28-17-6-8-18(9-7-17)31-22(25,26)20(23)24/h3-12,14,20H,13H2,1-2H3,(H,28,30). The van der Waals surface area contributed by atoms with E-state index in [4.69, 9.17) is 0 Å². The molecule has 10 heteroatoms. The molecule has 0 atom stereocenters. The van der Waals surface area contributed by atoms with Crippen LogP contribution in [0.25, 0.3) is 10.6 Å². The first kappa shape index (κ1) is 23.5. The molecule has 0 saturated carbocycles. The molecule has 170 valence electrons. The number of amides is 2. The Bertz CT molecular complexity index is 1030. The van der Waals surface area contributed by atoms with E-state index in [1.807, 2.05) is 43.5 Å². The van der Waals surface area contributed by atoms with E-state index >= 15 is 0 Å². The quantitative estimate of drug-likeness (QED) is 0.385. The van der Waals surface area contributed by atoms with E-state index in [-0.39, 0.29) is 6.04 Å². The van der Waals surface area contributed by atoms with Crippen molar-refractivity contribution in [2.45, 2.75) is 39.0 Å². The van der Waals surface area contributed by atoms with Crippen LogP contribution in [0, 0.1) is 0 Å². The number of benzene rings is 2. The van der Waals surface area contributed by atoms with Crippen molar-refractivity contribution in [3.05, 3.63) is 65.7 Å². The second-order valence-electron chi connectivity index (χ2n) is 7.18. The van der Waals surface area contributed by atoms with Gasteiger partial charge in [-0.25, -0.2) is 9.78 Å². The van der Waals surface area contributed by atoms with Crippen molar-refractivity contribution in [2.24, 2.45) is 0 Å². The molecule has 0 unspecified atom stereocenters. The zero-order chi connectivity index (χ0) is 23.3. The number of anilines is 1. The van der Waals surface area contributed by atoms with Crippen LogP contribution < -0.4 is 10.1 Å². The first-order valence-electron chi connectivity index (χ1n) is 9.67. The molecule has 0 bridgehead atoms. The van der Waals surface area contributed by atoms with E-state index in [9.17, 15) is 22.4 Å². The zero-order valence-electron chi connectivity index (χ0n) is 17.3. The summed E-state index contributed by atoms with van der Waals surface area (Å²) in [4.78, 5) is 18.7. The number of urea groups is 1. The predicted octanol–water partition coefficient (Wildman–Crippen LogP) is 6.49. The van der Waals surface area contributed by atoms with Crippen molar-refractivity contribution in [3.63, 3.8) is 0 Å². The maximum atomic E-state index is 13.0. The Morgan fingerprint density at radius 2 is 1.91 bits per heavy atom. The third kappa shape index (κ3) is 5.97.